The average Bonchev–Trinajstić information content (AvgIpc) is 3.58. The van der Waals surface area contributed by atoms with Gasteiger partial charge in [-0.15, -0.1) is 0 Å². The fourth-order valence-corrected chi connectivity index (χ4v) is 7.17. The molecule has 0 N–H and O–H groups in total. The Morgan fingerprint density at radius 3 is 1.33 bits per heavy atom. The molecule has 0 aliphatic carbocycles. The molecule has 0 radical (unpaired) electrons. The Balaban J connectivity index is 1.74. The topological polar surface area (TPSA) is 8.82 Å². The Morgan fingerprint density at radius 2 is 0.872 bits per heavy atom. The quantitative estimate of drug-likeness (QED) is 0.183. The summed E-state index contributed by atoms with van der Waals surface area (Å²) in [4.78, 5) is 0. The summed E-state index contributed by atoms with van der Waals surface area (Å²) in [6.07, 6.45) is 0. The number of rotatable bonds is 0. The number of hydrogen-bond acceptors (Lipinski definition) is 0. The molecular weight excluding hydrogens is 474 g/mol. The van der Waals surface area contributed by atoms with Crippen molar-refractivity contribution in [2.45, 2.75) is 0 Å². The predicted octanol–water partition coefficient (Wildman–Crippen LogP) is 9.29. The van der Waals surface area contributed by atoms with Crippen LogP contribution in [0.5, 0.6) is 0 Å². The van der Waals surface area contributed by atoms with Crippen molar-refractivity contribution in [1.29, 1.82) is 0 Å². The van der Waals surface area contributed by atoms with Crippen molar-refractivity contribution < 1.29 is 0 Å². The molecule has 1 aliphatic rings. The van der Waals surface area contributed by atoms with Gasteiger partial charge in [0.1, 0.15) is 11.0 Å². The molecule has 6 bridgehead atoms. The minimum Gasteiger partial charge on any atom is -0.302 e. The second-order valence-corrected chi connectivity index (χ2v) is 11.2. The zero-order chi connectivity index (χ0) is 25.9. The van der Waals surface area contributed by atoms with Gasteiger partial charge in [0.2, 0.25) is 0 Å². The highest BCUT2D eigenvalue weighted by Crippen LogP contribution is 2.54. The van der Waals surface area contributed by atoms with Crippen LogP contribution >= 0.6 is 0 Å². The molecular formula is C36H26N3+. The molecule has 39 heavy (non-hydrogen) atoms. The van der Waals surface area contributed by atoms with Gasteiger partial charge < -0.3 is 8.80 Å². The molecule has 0 fully saturated rings. The summed E-state index contributed by atoms with van der Waals surface area (Å²) in [6.45, 7) is 0. The van der Waals surface area contributed by atoms with Crippen LogP contribution in [-0.4, -0.2) is 22.9 Å². The monoisotopic (exact) mass is 500 g/mol. The molecule has 184 valence electrons. The van der Waals surface area contributed by atoms with Gasteiger partial charge in [0.15, 0.2) is 11.4 Å². The average molecular weight is 501 g/mol. The van der Waals surface area contributed by atoms with E-state index in [1.54, 1.807) is 0 Å². The van der Waals surface area contributed by atoms with Crippen molar-refractivity contribution in [3.8, 4) is 0 Å². The molecule has 0 amide bonds. The lowest BCUT2D eigenvalue weighted by molar-refractivity contribution is 0.578. The molecule has 0 saturated heterocycles. The third-order valence-corrected chi connectivity index (χ3v) is 8.80. The lowest BCUT2D eigenvalue weighted by atomic mass is 10.1. The zero-order valence-corrected chi connectivity index (χ0v) is 21.9. The highest BCUT2D eigenvalue weighted by molar-refractivity contribution is 6.22. The van der Waals surface area contributed by atoms with Crippen molar-refractivity contribution in [2.75, 3.05) is 14.1 Å². The Morgan fingerprint density at radius 1 is 0.436 bits per heavy atom. The van der Waals surface area contributed by atoms with E-state index in [-0.39, 0.29) is 0 Å². The first kappa shape index (κ1) is 21.1. The van der Waals surface area contributed by atoms with Crippen LogP contribution in [0.2, 0.25) is 0 Å². The van der Waals surface area contributed by atoms with Crippen LogP contribution in [0.3, 0.4) is 0 Å². The molecule has 0 atom stereocenters. The summed E-state index contributed by atoms with van der Waals surface area (Å²) in [5, 5.41) is 7.52. The Kier molecular flexibility index (Phi) is 3.88. The number of aromatic nitrogens is 2. The van der Waals surface area contributed by atoms with E-state index in [9.17, 15) is 0 Å². The number of hydrogen-bond donors (Lipinski definition) is 0. The third-order valence-electron chi connectivity index (χ3n) is 8.80. The molecule has 9 aromatic rings. The lowest BCUT2D eigenvalue weighted by Crippen LogP contribution is -2.32. The normalized spacial score (nSPS) is 14.1. The fraction of sp³-hybridized carbons (Fsp3) is 0.0556. The van der Waals surface area contributed by atoms with Crippen molar-refractivity contribution in [3.63, 3.8) is 0 Å². The summed E-state index contributed by atoms with van der Waals surface area (Å²) >= 11 is 0. The fourth-order valence-electron chi connectivity index (χ4n) is 7.17. The van der Waals surface area contributed by atoms with E-state index in [1.807, 2.05) is 0 Å². The molecule has 3 heteroatoms. The minimum absolute atomic E-state index is 0.697. The maximum atomic E-state index is 2.50. The molecule has 0 spiro atoms. The van der Waals surface area contributed by atoms with Crippen molar-refractivity contribution in [3.05, 3.63) is 121 Å². The smallest absolute Gasteiger partial charge is 0.173 e. The van der Waals surface area contributed by atoms with Gasteiger partial charge in [-0.1, -0.05) is 72.8 Å². The highest BCUT2D eigenvalue weighted by atomic mass is 15.4. The molecule has 5 aromatic carbocycles. The molecule has 1 aliphatic heterocycles. The van der Waals surface area contributed by atoms with Gasteiger partial charge in [0.25, 0.3) is 0 Å². The first-order chi connectivity index (χ1) is 19.1. The number of para-hydroxylation sites is 2. The van der Waals surface area contributed by atoms with Gasteiger partial charge in [-0.05, 0) is 70.1 Å². The second-order valence-electron chi connectivity index (χ2n) is 11.2. The SMILES string of the molecule is C[N+]1(C)c2c3ccccc3n3c4cccc(c4)c4ccc(cc4)c4cccc(c4)n4c5ccccc5c1c4c23. The minimum atomic E-state index is 0.697. The summed E-state index contributed by atoms with van der Waals surface area (Å²) in [5.74, 6) is 0. The van der Waals surface area contributed by atoms with Crippen LogP contribution in [-0.2, 0) is 0 Å². The maximum Gasteiger partial charge on any atom is 0.173 e. The predicted molar refractivity (Wildman–Crippen MR) is 167 cm³/mol. The van der Waals surface area contributed by atoms with Gasteiger partial charge in [-0.3, -0.25) is 4.48 Å². The van der Waals surface area contributed by atoms with E-state index in [4.69, 9.17) is 0 Å². The van der Waals surface area contributed by atoms with Crippen LogP contribution in [0.25, 0.3) is 65.4 Å². The number of quaternary nitrogens is 1. The molecule has 10 rings (SSSR count). The van der Waals surface area contributed by atoms with E-state index in [1.165, 1.54) is 76.8 Å². The number of nitrogens with zero attached hydrogens (tertiary/aromatic N) is 3. The van der Waals surface area contributed by atoms with Crippen LogP contribution in [0, 0.1) is 0 Å². The zero-order valence-electron chi connectivity index (χ0n) is 21.9. The van der Waals surface area contributed by atoms with Crippen LogP contribution in [0.4, 0.5) is 11.4 Å². The van der Waals surface area contributed by atoms with E-state index in [0.29, 0.717) is 4.48 Å². The standard InChI is InChI=1S/C36H26N3/c1-39(2)35-29-13-3-5-15-31(29)37-27-11-7-9-25(21-27)23-17-19-24(20-18-23)26-10-8-12-28(22-26)38-32-16-6-4-14-30(32)36(39)34(38)33(35)37/h3-22H,1-2H3/q+1. The van der Waals surface area contributed by atoms with Crippen LogP contribution in [0.1, 0.15) is 0 Å². The molecule has 0 unspecified atom stereocenters. The largest absolute Gasteiger partial charge is 0.302 e. The first-order valence-electron chi connectivity index (χ1n) is 13.6. The van der Waals surface area contributed by atoms with E-state index in [0.717, 1.165) is 0 Å². The maximum absolute atomic E-state index is 2.50. The Labute approximate surface area is 225 Å². The van der Waals surface area contributed by atoms with E-state index >= 15 is 0 Å². The number of benzene rings is 5. The summed E-state index contributed by atoms with van der Waals surface area (Å²) in [6, 6.07) is 44.8. The van der Waals surface area contributed by atoms with Gasteiger partial charge >= 0.3 is 0 Å². The van der Waals surface area contributed by atoms with Gasteiger partial charge in [-0.25, -0.2) is 0 Å². The van der Waals surface area contributed by atoms with Crippen molar-refractivity contribution in [1.82, 2.24) is 13.3 Å². The molecule has 0 saturated carbocycles. The molecule has 4 aromatic heterocycles. The number of fused-ring (bicyclic) bond motifs is 6. The van der Waals surface area contributed by atoms with E-state index < -0.39 is 0 Å². The lowest BCUT2D eigenvalue weighted by Gasteiger charge is -2.24. The third kappa shape index (κ3) is 2.60. The van der Waals surface area contributed by atoms with E-state index in [2.05, 4.69) is 144 Å². The Hall–Kier alpha value is -4.86. The van der Waals surface area contributed by atoms with Crippen molar-refractivity contribution >= 4 is 76.8 Å². The van der Waals surface area contributed by atoms with Gasteiger partial charge in [-0.2, -0.15) is 0 Å². The van der Waals surface area contributed by atoms with Crippen molar-refractivity contribution in [2.24, 2.45) is 0 Å². The Bertz CT molecular complexity index is 2230. The molecule has 3 nitrogen and oxygen atoms in total. The second kappa shape index (κ2) is 7.16. The summed E-state index contributed by atoms with van der Waals surface area (Å²) in [7, 11) is 4.69. The van der Waals surface area contributed by atoms with Gasteiger partial charge in [0, 0.05) is 11.0 Å². The van der Waals surface area contributed by atoms with Crippen LogP contribution < -0.4 is 4.48 Å². The summed E-state index contributed by atoms with van der Waals surface area (Å²) in [5.41, 5.74) is 10.1. The first-order valence-corrected chi connectivity index (χ1v) is 13.6. The highest BCUT2D eigenvalue weighted by Gasteiger charge is 2.42. The molecule has 5 heterocycles. The van der Waals surface area contributed by atoms with Crippen LogP contribution in [0.15, 0.2) is 121 Å². The summed E-state index contributed by atoms with van der Waals surface area (Å²) < 4.78 is 5.70. The van der Waals surface area contributed by atoms with Gasteiger partial charge in [0.05, 0.1) is 35.9 Å².